The molecule has 2 rings (SSSR count). The molecule has 0 radical (unpaired) electrons. The lowest BCUT2D eigenvalue weighted by Gasteiger charge is -2.31. The summed E-state index contributed by atoms with van der Waals surface area (Å²) in [6.07, 6.45) is 3.24. The third-order valence-corrected chi connectivity index (χ3v) is 5.66. The number of carbonyl (C=O) groups is 2. The fourth-order valence-corrected chi connectivity index (χ4v) is 4.14. The largest absolute Gasteiger partial charge is 0.356 e. The van der Waals surface area contributed by atoms with Crippen molar-refractivity contribution in [2.45, 2.75) is 85.9 Å². The molecule has 6 heteroatoms. The summed E-state index contributed by atoms with van der Waals surface area (Å²) in [6.45, 7) is 13.2. The molecule has 0 bridgehead atoms. The molecule has 0 aliphatic carbocycles. The Bertz CT molecular complexity index is 829. The summed E-state index contributed by atoms with van der Waals surface area (Å²) in [5, 5.41) is 3.05. The van der Waals surface area contributed by atoms with Crippen LogP contribution in [0.5, 0.6) is 0 Å². The third kappa shape index (κ3) is 5.83. The summed E-state index contributed by atoms with van der Waals surface area (Å²) in [4.78, 5) is 32.0. The second-order valence-corrected chi connectivity index (χ2v) is 8.50. The summed E-state index contributed by atoms with van der Waals surface area (Å²) in [5.74, 6) is 1.22. The number of imidazole rings is 1. The Balaban J connectivity index is 2.13. The van der Waals surface area contributed by atoms with Gasteiger partial charge in [-0.15, -0.1) is 0 Å². The molecule has 1 aromatic heterocycles. The minimum atomic E-state index is 0.0882. The van der Waals surface area contributed by atoms with E-state index in [0.717, 1.165) is 36.1 Å². The van der Waals surface area contributed by atoms with E-state index in [9.17, 15) is 9.59 Å². The lowest BCUT2D eigenvalue weighted by atomic mass is 10.0. The Morgan fingerprint density at radius 3 is 2.30 bits per heavy atom. The molecule has 166 valence electrons. The fraction of sp³-hybridized carbons (Fsp3) is 0.625. The Kier molecular flexibility index (Phi) is 8.88. The van der Waals surface area contributed by atoms with Gasteiger partial charge in [-0.1, -0.05) is 26.0 Å². The molecule has 0 unspecified atom stereocenters. The maximum absolute atomic E-state index is 13.1. The van der Waals surface area contributed by atoms with Gasteiger partial charge in [-0.05, 0) is 59.1 Å². The minimum Gasteiger partial charge on any atom is -0.356 e. The number of rotatable bonds is 11. The van der Waals surface area contributed by atoms with Crippen LogP contribution in [0, 0.1) is 5.92 Å². The summed E-state index contributed by atoms with van der Waals surface area (Å²) < 4.78 is 2.04. The van der Waals surface area contributed by atoms with Gasteiger partial charge >= 0.3 is 0 Å². The first-order valence-electron chi connectivity index (χ1n) is 11.3. The molecule has 30 heavy (non-hydrogen) atoms. The number of carbonyl (C=O) groups excluding carboxylic acids is 2. The molecule has 2 amide bonds. The Morgan fingerprint density at radius 1 is 1.07 bits per heavy atom. The van der Waals surface area contributed by atoms with E-state index in [0.29, 0.717) is 13.0 Å². The molecule has 0 aliphatic heterocycles. The van der Waals surface area contributed by atoms with Gasteiger partial charge in [0, 0.05) is 31.0 Å². The normalized spacial score (nSPS) is 11.6. The molecule has 0 fully saturated rings. The first-order chi connectivity index (χ1) is 14.3. The molecule has 0 aliphatic rings. The minimum absolute atomic E-state index is 0.0882. The second-order valence-electron chi connectivity index (χ2n) is 8.50. The lowest BCUT2D eigenvalue weighted by molar-refractivity contribution is -0.135. The van der Waals surface area contributed by atoms with Gasteiger partial charge in [0.05, 0.1) is 11.0 Å². The van der Waals surface area contributed by atoms with Crippen LogP contribution in [0.1, 0.15) is 66.6 Å². The van der Waals surface area contributed by atoms with Crippen molar-refractivity contribution in [1.82, 2.24) is 19.8 Å². The van der Waals surface area contributed by atoms with Crippen molar-refractivity contribution in [3.8, 4) is 0 Å². The van der Waals surface area contributed by atoms with Gasteiger partial charge in [0.2, 0.25) is 11.8 Å². The number of para-hydroxylation sites is 2. The van der Waals surface area contributed by atoms with Crippen LogP contribution < -0.4 is 5.32 Å². The van der Waals surface area contributed by atoms with Crippen LogP contribution in [-0.4, -0.2) is 44.9 Å². The van der Waals surface area contributed by atoms with E-state index in [4.69, 9.17) is 4.98 Å². The van der Waals surface area contributed by atoms with Crippen molar-refractivity contribution in [2.75, 3.05) is 6.54 Å². The number of nitrogens with one attached hydrogen (secondary N) is 1. The van der Waals surface area contributed by atoms with Crippen molar-refractivity contribution < 1.29 is 9.59 Å². The first kappa shape index (κ1) is 23.9. The molecule has 2 aromatic rings. The van der Waals surface area contributed by atoms with E-state index < -0.39 is 0 Å². The maximum Gasteiger partial charge on any atom is 0.243 e. The van der Waals surface area contributed by atoms with Crippen LogP contribution >= 0.6 is 0 Å². The average Bonchev–Trinajstić information content (AvgIpc) is 3.03. The summed E-state index contributed by atoms with van der Waals surface area (Å²) in [7, 11) is 0. The second kappa shape index (κ2) is 11.1. The highest BCUT2D eigenvalue weighted by Gasteiger charge is 2.22. The molecular weight excluding hydrogens is 376 g/mol. The van der Waals surface area contributed by atoms with Gasteiger partial charge in [-0.2, -0.15) is 0 Å². The number of hydrogen-bond acceptors (Lipinski definition) is 3. The zero-order chi connectivity index (χ0) is 22.3. The number of fused-ring (bicyclic) bond motifs is 1. The number of benzene rings is 1. The highest BCUT2D eigenvalue weighted by atomic mass is 16.2. The predicted molar refractivity (Wildman–Crippen MR) is 122 cm³/mol. The average molecular weight is 415 g/mol. The number of aryl methyl sites for hydroxylation is 1. The quantitative estimate of drug-likeness (QED) is 0.561. The summed E-state index contributed by atoms with van der Waals surface area (Å²) >= 11 is 0. The highest BCUT2D eigenvalue weighted by molar-refractivity contribution is 5.81. The molecule has 0 saturated heterocycles. The van der Waals surface area contributed by atoms with Crippen LogP contribution in [0.15, 0.2) is 24.3 Å². The van der Waals surface area contributed by atoms with E-state index in [-0.39, 0.29) is 36.4 Å². The van der Waals surface area contributed by atoms with Crippen LogP contribution in [0.25, 0.3) is 11.0 Å². The van der Waals surface area contributed by atoms with Crippen LogP contribution in [-0.2, 0) is 22.6 Å². The van der Waals surface area contributed by atoms with Crippen molar-refractivity contribution in [3.05, 3.63) is 30.1 Å². The topological polar surface area (TPSA) is 67.2 Å². The molecule has 0 atom stereocenters. The lowest BCUT2D eigenvalue weighted by Crippen LogP contribution is -2.43. The number of nitrogens with zero attached hydrogens (tertiary/aromatic N) is 3. The van der Waals surface area contributed by atoms with Crippen molar-refractivity contribution in [3.63, 3.8) is 0 Å². The zero-order valence-electron chi connectivity index (χ0n) is 19.4. The Morgan fingerprint density at radius 2 is 1.70 bits per heavy atom. The zero-order valence-corrected chi connectivity index (χ0v) is 19.4. The number of hydrogen-bond donors (Lipinski definition) is 1. The van der Waals surface area contributed by atoms with Crippen LogP contribution in [0.2, 0.25) is 0 Å². The molecule has 6 nitrogen and oxygen atoms in total. The predicted octanol–water partition coefficient (Wildman–Crippen LogP) is 4.17. The van der Waals surface area contributed by atoms with E-state index >= 15 is 0 Å². The molecule has 0 spiro atoms. The molecule has 0 saturated carbocycles. The van der Waals surface area contributed by atoms with Gasteiger partial charge in [0.25, 0.3) is 0 Å². The monoisotopic (exact) mass is 414 g/mol. The van der Waals surface area contributed by atoms with E-state index in [1.807, 2.05) is 75.3 Å². The van der Waals surface area contributed by atoms with E-state index in [1.54, 1.807) is 0 Å². The standard InChI is InChI=1S/C24H38N4O2/c1-7-19(8-2)24(30)25-15-11-14-22-26-20-12-9-10-13-21(20)27(22)16-23(29)28(17(3)4)18(5)6/h9-10,12-13,17-19H,7-8,11,14-16H2,1-6H3,(H,25,30). The Hall–Kier alpha value is -2.37. The summed E-state index contributed by atoms with van der Waals surface area (Å²) in [6, 6.07) is 8.25. The first-order valence-corrected chi connectivity index (χ1v) is 11.3. The van der Waals surface area contributed by atoms with Crippen molar-refractivity contribution in [2.24, 2.45) is 5.92 Å². The smallest absolute Gasteiger partial charge is 0.243 e. The fourth-order valence-electron chi connectivity index (χ4n) is 4.14. The molecular formula is C24H38N4O2. The molecule has 1 heterocycles. The van der Waals surface area contributed by atoms with Gasteiger partial charge in [0.1, 0.15) is 12.4 Å². The van der Waals surface area contributed by atoms with Gasteiger partial charge in [-0.3, -0.25) is 9.59 Å². The number of aromatic nitrogens is 2. The van der Waals surface area contributed by atoms with Crippen molar-refractivity contribution in [1.29, 1.82) is 0 Å². The summed E-state index contributed by atoms with van der Waals surface area (Å²) in [5.41, 5.74) is 1.89. The third-order valence-electron chi connectivity index (χ3n) is 5.66. The molecule has 1 aromatic carbocycles. The van der Waals surface area contributed by atoms with Gasteiger partial charge in [-0.25, -0.2) is 4.98 Å². The SMILES string of the molecule is CCC(CC)C(=O)NCCCc1nc2ccccc2n1CC(=O)N(C(C)C)C(C)C. The molecule has 1 N–H and O–H groups in total. The number of amides is 2. The highest BCUT2D eigenvalue weighted by Crippen LogP contribution is 2.18. The van der Waals surface area contributed by atoms with Crippen LogP contribution in [0.4, 0.5) is 0 Å². The van der Waals surface area contributed by atoms with Crippen molar-refractivity contribution >= 4 is 22.8 Å². The van der Waals surface area contributed by atoms with E-state index in [2.05, 4.69) is 5.32 Å². The van der Waals surface area contributed by atoms with Gasteiger partial charge in [0.15, 0.2) is 0 Å². The van der Waals surface area contributed by atoms with E-state index in [1.165, 1.54) is 0 Å². The maximum atomic E-state index is 13.1. The van der Waals surface area contributed by atoms with Gasteiger partial charge < -0.3 is 14.8 Å². The Labute approximate surface area is 181 Å². The van der Waals surface area contributed by atoms with Crippen LogP contribution in [0.3, 0.4) is 0 Å².